The van der Waals surface area contributed by atoms with E-state index in [1.165, 1.54) is 12.1 Å². The number of carbonyl (C=O) groups excluding carboxylic acids is 1. The zero-order chi connectivity index (χ0) is 30.7. The van der Waals surface area contributed by atoms with Gasteiger partial charge in [-0.05, 0) is 85.7 Å². The Kier molecular flexibility index (Phi) is 8.19. The van der Waals surface area contributed by atoms with Gasteiger partial charge in [0, 0.05) is 28.3 Å². The molecule has 1 heterocycles. The standard InChI is InChI=1S/C35H46F3NO2Si/c1-33(2,3)42(6,7)41-27-21-34(4,5)20-26-29(27)28(22-12-8-9-13-22)30(31(39-26)23-14-10-11-15-23)32(40)24-16-18-25(19-17-24)35(36,37)38/h10,14,16-19,22-23,27H,8-9,11-13,15,20-21H2,1-7H3. The maximum absolute atomic E-state index is 14.5. The molecule has 1 fully saturated rings. The van der Waals surface area contributed by atoms with Crippen LogP contribution in [0.25, 0.3) is 0 Å². The number of allylic oxidation sites excluding steroid dienone is 2. The van der Waals surface area contributed by atoms with Crippen LogP contribution in [0.3, 0.4) is 0 Å². The number of pyridine rings is 1. The number of alkyl halides is 3. The van der Waals surface area contributed by atoms with Gasteiger partial charge in [-0.1, -0.05) is 71.7 Å². The van der Waals surface area contributed by atoms with Crippen LogP contribution in [0.4, 0.5) is 13.2 Å². The van der Waals surface area contributed by atoms with E-state index in [2.05, 4.69) is 59.9 Å². The lowest BCUT2D eigenvalue weighted by Crippen LogP contribution is -2.44. The van der Waals surface area contributed by atoms with E-state index in [1.807, 2.05) is 0 Å². The predicted octanol–water partition coefficient (Wildman–Crippen LogP) is 10.5. The van der Waals surface area contributed by atoms with E-state index in [1.54, 1.807) is 0 Å². The van der Waals surface area contributed by atoms with Crippen LogP contribution in [-0.4, -0.2) is 19.1 Å². The molecule has 42 heavy (non-hydrogen) atoms. The molecule has 3 aliphatic rings. The van der Waals surface area contributed by atoms with Crippen LogP contribution < -0.4 is 0 Å². The summed E-state index contributed by atoms with van der Waals surface area (Å²) in [5.41, 5.74) is 4.19. The van der Waals surface area contributed by atoms with Gasteiger partial charge in [-0.15, -0.1) is 0 Å². The molecular formula is C35H46F3NO2Si. The van der Waals surface area contributed by atoms with Gasteiger partial charge in [-0.3, -0.25) is 9.78 Å². The van der Waals surface area contributed by atoms with Crippen molar-refractivity contribution in [3.63, 3.8) is 0 Å². The smallest absolute Gasteiger partial charge is 0.410 e. The predicted molar refractivity (Wildman–Crippen MR) is 165 cm³/mol. The summed E-state index contributed by atoms with van der Waals surface area (Å²) in [5.74, 6) is 0.0202. The first-order chi connectivity index (χ1) is 19.5. The van der Waals surface area contributed by atoms with E-state index in [0.717, 1.165) is 86.0 Å². The van der Waals surface area contributed by atoms with Crippen molar-refractivity contribution in [1.29, 1.82) is 0 Å². The van der Waals surface area contributed by atoms with Crippen LogP contribution in [0, 0.1) is 5.41 Å². The fourth-order valence-corrected chi connectivity index (χ4v) is 8.17. The summed E-state index contributed by atoms with van der Waals surface area (Å²) < 4.78 is 47.4. The summed E-state index contributed by atoms with van der Waals surface area (Å²) in [5, 5.41) is 0.0170. The number of hydrogen-bond acceptors (Lipinski definition) is 3. The molecule has 0 N–H and O–H groups in total. The molecule has 1 aromatic carbocycles. The number of halogens is 3. The van der Waals surface area contributed by atoms with Gasteiger partial charge in [0.05, 0.1) is 17.4 Å². The highest BCUT2D eigenvalue weighted by molar-refractivity contribution is 6.74. The Morgan fingerprint density at radius 3 is 2.19 bits per heavy atom. The van der Waals surface area contributed by atoms with E-state index in [9.17, 15) is 18.0 Å². The number of fused-ring (bicyclic) bond motifs is 1. The minimum absolute atomic E-state index is 0.0122. The first kappa shape index (κ1) is 31.2. The van der Waals surface area contributed by atoms with Crippen LogP contribution in [0.5, 0.6) is 0 Å². The van der Waals surface area contributed by atoms with Crippen LogP contribution in [0.2, 0.25) is 18.1 Å². The molecule has 2 atom stereocenters. The Bertz CT molecular complexity index is 1360. The maximum atomic E-state index is 14.5. The van der Waals surface area contributed by atoms with Crippen molar-refractivity contribution in [2.75, 3.05) is 0 Å². The van der Waals surface area contributed by atoms with Crippen LogP contribution in [-0.2, 0) is 17.0 Å². The second-order valence-electron chi connectivity index (χ2n) is 15.1. The summed E-state index contributed by atoms with van der Waals surface area (Å²) >= 11 is 0. The minimum atomic E-state index is -4.45. The van der Waals surface area contributed by atoms with Crippen molar-refractivity contribution in [2.24, 2.45) is 5.41 Å². The fraction of sp³-hybridized carbons (Fsp3) is 0.600. The van der Waals surface area contributed by atoms with E-state index < -0.39 is 20.1 Å². The molecule has 1 aromatic heterocycles. The molecule has 2 aromatic rings. The summed E-state index contributed by atoms with van der Waals surface area (Å²) in [7, 11) is -2.19. The Balaban J connectivity index is 1.76. The Hall–Kier alpha value is -2.25. The molecular weight excluding hydrogens is 551 g/mol. The van der Waals surface area contributed by atoms with E-state index in [-0.39, 0.29) is 39.7 Å². The van der Waals surface area contributed by atoms with Crippen molar-refractivity contribution in [3.05, 3.63) is 75.6 Å². The van der Waals surface area contributed by atoms with E-state index in [0.29, 0.717) is 5.56 Å². The maximum Gasteiger partial charge on any atom is 0.416 e. The molecule has 0 spiro atoms. The lowest BCUT2D eigenvalue weighted by atomic mass is 9.70. The number of ketones is 1. The van der Waals surface area contributed by atoms with Gasteiger partial charge >= 0.3 is 6.18 Å². The van der Waals surface area contributed by atoms with Gasteiger partial charge in [-0.2, -0.15) is 13.2 Å². The third-order valence-corrected chi connectivity index (χ3v) is 14.6. The molecule has 3 aliphatic carbocycles. The van der Waals surface area contributed by atoms with Crippen LogP contribution >= 0.6 is 0 Å². The average molecular weight is 598 g/mol. The number of rotatable bonds is 6. The molecule has 0 saturated heterocycles. The second kappa shape index (κ2) is 11.0. The van der Waals surface area contributed by atoms with E-state index >= 15 is 0 Å². The number of aromatic nitrogens is 1. The lowest BCUT2D eigenvalue weighted by Gasteiger charge is -2.45. The lowest BCUT2D eigenvalue weighted by molar-refractivity contribution is -0.137. The van der Waals surface area contributed by atoms with Crippen molar-refractivity contribution < 1.29 is 22.4 Å². The molecule has 2 unspecified atom stereocenters. The largest absolute Gasteiger partial charge is 0.416 e. The zero-order valence-electron chi connectivity index (χ0n) is 26.3. The zero-order valence-corrected chi connectivity index (χ0v) is 27.3. The van der Waals surface area contributed by atoms with Gasteiger partial charge in [0.1, 0.15) is 0 Å². The highest BCUT2D eigenvalue weighted by Gasteiger charge is 2.46. The number of hydrogen-bond donors (Lipinski definition) is 0. The highest BCUT2D eigenvalue weighted by atomic mass is 28.4. The first-order valence-electron chi connectivity index (χ1n) is 15.6. The van der Waals surface area contributed by atoms with Crippen LogP contribution in [0.15, 0.2) is 36.4 Å². The topological polar surface area (TPSA) is 39.2 Å². The third-order valence-electron chi connectivity index (χ3n) is 10.2. The van der Waals surface area contributed by atoms with Crippen LogP contribution in [0.1, 0.15) is 142 Å². The van der Waals surface area contributed by atoms with Crippen molar-refractivity contribution in [1.82, 2.24) is 4.98 Å². The quantitative estimate of drug-likeness (QED) is 0.189. The van der Waals surface area contributed by atoms with Crippen molar-refractivity contribution >= 4 is 14.1 Å². The fourth-order valence-electron chi connectivity index (χ4n) is 6.91. The summed E-state index contributed by atoms with van der Waals surface area (Å²) in [6, 6.07) is 4.72. The number of nitrogens with zero attached hydrogens (tertiary/aromatic N) is 1. The number of benzene rings is 1. The normalized spacial score (nSPS) is 22.9. The summed E-state index contributed by atoms with van der Waals surface area (Å²) in [6.45, 7) is 15.9. The molecule has 0 aliphatic heterocycles. The average Bonchev–Trinajstić information content (AvgIpc) is 3.60. The van der Waals surface area contributed by atoms with Gasteiger partial charge < -0.3 is 4.43 Å². The minimum Gasteiger partial charge on any atom is -0.410 e. The number of carbonyl (C=O) groups is 1. The second-order valence-corrected chi connectivity index (χ2v) is 19.8. The SMILES string of the molecule is CC1(C)Cc2nc(C3C=CCC3)c(C(=O)c3ccc(C(F)(F)F)cc3)c(C3CCCC3)c2C(O[Si](C)(C)C(C)(C)C)C1. The third kappa shape index (κ3) is 6.06. The molecule has 0 radical (unpaired) electrons. The molecule has 0 bridgehead atoms. The van der Waals surface area contributed by atoms with Crippen molar-refractivity contribution in [2.45, 2.75) is 128 Å². The molecule has 0 amide bonds. The summed E-state index contributed by atoms with van der Waals surface area (Å²) in [6.07, 6.45) is 7.39. The Morgan fingerprint density at radius 1 is 1.00 bits per heavy atom. The molecule has 5 rings (SSSR count). The molecule has 228 valence electrons. The Morgan fingerprint density at radius 2 is 1.64 bits per heavy atom. The van der Waals surface area contributed by atoms with Gasteiger partial charge in [0.2, 0.25) is 0 Å². The molecule has 3 nitrogen and oxygen atoms in total. The molecule has 7 heteroatoms. The van der Waals surface area contributed by atoms with Gasteiger partial charge in [0.15, 0.2) is 14.1 Å². The van der Waals surface area contributed by atoms with Gasteiger partial charge in [-0.25, -0.2) is 0 Å². The van der Waals surface area contributed by atoms with Gasteiger partial charge in [0.25, 0.3) is 0 Å². The Labute approximate surface area is 250 Å². The summed E-state index contributed by atoms with van der Waals surface area (Å²) in [4.78, 5) is 19.9. The van der Waals surface area contributed by atoms with Crippen molar-refractivity contribution in [3.8, 4) is 0 Å². The van der Waals surface area contributed by atoms with E-state index in [4.69, 9.17) is 9.41 Å². The first-order valence-corrected chi connectivity index (χ1v) is 18.5. The highest BCUT2D eigenvalue weighted by Crippen LogP contribution is 2.52. The molecule has 1 saturated carbocycles. The monoisotopic (exact) mass is 597 g/mol.